The summed E-state index contributed by atoms with van der Waals surface area (Å²) in [6.07, 6.45) is 4.36. The summed E-state index contributed by atoms with van der Waals surface area (Å²) >= 11 is 0. The van der Waals surface area contributed by atoms with Crippen molar-refractivity contribution in [3.63, 3.8) is 0 Å². The molecule has 0 spiro atoms. The molecule has 0 radical (unpaired) electrons. The zero-order valence-corrected chi connectivity index (χ0v) is 31.7. The van der Waals surface area contributed by atoms with Gasteiger partial charge in [-0.15, -0.1) is 0 Å². The number of hydrogen-bond donors (Lipinski definition) is 0. The van der Waals surface area contributed by atoms with Crippen LogP contribution in [0.1, 0.15) is 48.5 Å². The molecule has 1 fully saturated rings. The molecule has 7 rings (SSSR count). The van der Waals surface area contributed by atoms with Gasteiger partial charge in [0, 0.05) is 75.6 Å². The van der Waals surface area contributed by atoms with Crippen LogP contribution in [0.15, 0.2) is 105 Å². The molecule has 1 aliphatic heterocycles. The Morgan fingerprint density at radius 1 is 0.473 bits per heavy atom. The topological polar surface area (TPSA) is 208 Å². The average Bonchev–Trinajstić information content (AvgIpc) is 3.99. The zero-order chi connectivity index (χ0) is 37.6. The fourth-order valence-electron chi connectivity index (χ4n) is 6.47. The van der Waals surface area contributed by atoms with Crippen molar-refractivity contribution in [3.05, 3.63) is 126 Å². The molecular weight excluding hydrogens is 848 g/mol. The molecule has 0 saturated carbocycles. The Balaban J connectivity index is 0.00000514. The minimum atomic E-state index is -1.42. The molecule has 7 heterocycles. The number of carboxylic acid groups (broad SMARTS) is 3. The fraction of sp³-hybridized carbons (Fsp3) is 0.231. The van der Waals surface area contributed by atoms with E-state index in [0.717, 1.165) is 0 Å². The molecule has 0 atom stereocenters. The maximum atomic E-state index is 12.1. The molecule has 0 N–H and O–H groups in total. The van der Waals surface area contributed by atoms with Crippen molar-refractivity contribution >= 4 is 17.9 Å². The molecule has 1 aliphatic rings. The van der Waals surface area contributed by atoms with Crippen LogP contribution in [0.3, 0.4) is 0 Å². The van der Waals surface area contributed by atoms with Gasteiger partial charge in [0.25, 0.3) is 0 Å². The number of nitrogens with zero attached hydrogens (tertiary/aromatic N) is 6. The maximum absolute atomic E-state index is 12.1. The van der Waals surface area contributed by atoms with Crippen LogP contribution in [0, 0.1) is 49.4 Å². The largest absolute Gasteiger partial charge is 3.00 e. The van der Waals surface area contributed by atoms with Gasteiger partial charge in [0.05, 0.1) is 70.9 Å². The van der Waals surface area contributed by atoms with Crippen LogP contribution in [-0.2, 0) is 19.6 Å². The van der Waals surface area contributed by atoms with Gasteiger partial charge in [0.15, 0.2) is 0 Å². The van der Waals surface area contributed by atoms with E-state index < -0.39 is 17.9 Å². The first-order chi connectivity index (χ1) is 26.2. The van der Waals surface area contributed by atoms with E-state index in [-0.39, 0.29) is 66.5 Å². The van der Waals surface area contributed by atoms with Crippen molar-refractivity contribution in [1.82, 2.24) is 29.7 Å². The number of carbonyl (C=O) groups is 3. The summed E-state index contributed by atoms with van der Waals surface area (Å²) in [6, 6.07) is 20.2. The summed E-state index contributed by atoms with van der Waals surface area (Å²) in [5, 5.41) is 36.3. The van der Waals surface area contributed by atoms with Crippen LogP contribution in [0.4, 0.5) is 0 Å². The third kappa shape index (κ3) is 9.70. The summed E-state index contributed by atoms with van der Waals surface area (Å²) in [4.78, 5) is 56.0. The standard InChI is InChI=1S/C39H36N6O9.Eu/c46-37(47)34-28(31-4-1-19-52-31)10-7-25(40-34)22-43-13-15-44(23-26-8-11-29(32-5-2-20-53-32)35(41-26)38(48)49)17-18-45(16-14-43)24-27-9-12-30(33-6-3-21-54-33)36(42-27)39(50)51;/h1-12,19-21H,13-18,22-24H2,(H,46,47)(H,48,49)(H,50,51);/q;+3/p-3. The second kappa shape index (κ2) is 18.2. The van der Waals surface area contributed by atoms with E-state index in [4.69, 9.17) is 13.3 Å². The van der Waals surface area contributed by atoms with E-state index in [0.29, 0.717) is 110 Å². The van der Waals surface area contributed by atoms with Gasteiger partial charge in [-0.3, -0.25) is 14.7 Å². The first kappa shape index (κ1) is 39.8. The Morgan fingerprint density at radius 2 is 0.745 bits per heavy atom. The average molecular weight is 882 g/mol. The number of carbonyl (C=O) groups excluding carboxylic acids is 3. The van der Waals surface area contributed by atoms with E-state index >= 15 is 0 Å². The summed E-state index contributed by atoms with van der Waals surface area (Å²) in [6.45, 7) is 4.27. The molecular formula is C39H33EuN6O9. The van der Waals surface area contributed by atoms with E-state index in [9.17, 15) is 29.7 Å². The fourth-order valence-corrected chi connectivity index (χ4v) is 6.47. The van der Waals surface area contributed by atoms with Crippen molar-refractivity contribution in [2.75, 3.05) is 39.3 Å². The van der Waals surface area contributed by atoms with Gasteiger partial charge < -0.3 is 43.0 Å². The SMILES string of the molecule is O=C([O-])c1nc(CN2CCN(Cc3ccc(-c4ccco4)c(C(=O)[O-])n3)CCN(Cc3ccc(-c4ccco4)c(C(=O)[O-])n3)CC2)ccc1-c1ccco1.[Eu+3]. The van der Waals surface area contributed by atoms with Gasteiger partial charge in [0.2, 0.25) is 0 Å². The smallest absolute Gasteiger partial charge is 0.543 e. The third-order valence-electron chi connectivity index (χ3n) is 9.15. The molecule has 0 bridgehead atoms. The molecule has 15 nitrogen and oxygen atoms in total. The van der Waals surface area contributed by atoms with Crippen molar-refractivity contribution in [1.29, 1.82) is 0 Å². The Labute approximate surface area is 355 Å². The summed E-state index contributed by atoms with van der Waals surface area (Å²) < 4.78 is 16.2. The summed E-state index contributed by atoms with van der Waals surface area (Å²) in [7, 11) is 0. The minimum Gasteiger partial charge on any atom is -0.543 e. The Morgan fingerprint density at radius 3 is 0.964 bits per heavy atom. The first-order valence-electron chi connectivity index (χ1n) is 17.1. The number of pyridine rings is 3. The van der Waals surface area contributed by atoms with Gasteiger partial charge in [0.1, 0.15) is 17.3 Å². The quantitative estimate of drug-likeness (QED) is 0.171. The number of carboxylic acids is 3. The van der Waals surface area contributed by atoms with Crippen molar-refractivity contribution in [2.45, 2.75) is 19.6 Å². The van der Waals surface area contributed by atoms with Crippen LogP contribution >= 0.6 is 0 Å². The van der Waals surface area contributed by atoms with Crippen LogP contribution in [0.25, 0.3) is 34.0 Å². The van der Waals surface area contributed by atoms with E-state index in [2.05, 4.69) is 29.7 Å². The summed E-state index contributed by atoms with van der Waals surface area (Å²) in [5.41, 5.74) is 1.82. The minimum absolute atomic E-state index is 0. The Bertz CT molecular complexity index is 1980. The van der Waals surface area contributed by atoms with E-state index in [1.54, 1.807) is 72.8 Å². The zero-order valence-electron chi connectivity index (χ0n) is 29.3. The predicted octanol–water partition coefficient (Wildman–Crippen LogP) is 1.56. The van der Waals surface area contributed by atoms with Crippen molar-refractivity contribution < 1.29 is 92.3 Å². The number of aromatic carboxylic acids is 3. The Kier molecular flexibility index (Phi) is 13.2. The monoisotopic (exact) mass is 882 g/mol. The number of furan rings is 3. The van der Waals surface area contributed by atoms with Gasteiger partial charge in [-0.25, -0.2) is 15.0 Å². The van der Waals surface area contributed by atoms with Crippen LogP contribution in [0.5, 0.6) is 0 Å². The molecule has 0 aliphatic carbocycles. The van der Waals surface area contributed by atoms with Crippen LogP contribution in [-0.4, -0.2) is 86.8 Å². The van der Waals surface area contributed by atoms with Gasteiger partial charge in [-0.05, 0) is 72.8 Å². The molecule has 6 aromatic heterocycles. The molecule has 0 amide bonds. The third-order valence-corrected chi connectivity index (χ3v) is 9.15. The molecule has 0 unspecified atom stereocenters. The second-order valence-corrected chi connectivity index (χ2v) is 12.7. The number of aromatic nitrogens is 3. The Hall–Kier alpha value is -4.84. The van der Waals surface area contributed by atoms with Gasteiger partial charge in [-0.1, -0.05) is 0 Å². The van der Waals surface area contributed by atoms with Crippen molar-refractivity contribution in [3.8, 4) is 34.0 Å². The van der Waals surface area contributed by atoms with Crippen molar-refractivity contribution in [2.24, 2.45) is 0 Å². The van der Waals surface area contributed by atoms with Gasteiger partial charge >= 0.3 is 49.4 Å². The predicted molar refractivity (Wildman–Crippen MR) is 185 cm³/mol. The molecule has 55 heavy (non-hydrogen) atoms. The molecule has 6 aromatic rings. The summed E-state index contributed by atoms with van der Waals surface area (Å²) in [5.74, 6) is -3.18. The van der Waals surface area contributed by atoms with E-state index in [1.165, 1.54) is 18.8 Å². The first-order valence-corrected chi connectivity index (χ1v) is 17.1. The molecule has 280 valence electrons. The van der Waals surface area contributed by atoms with E-state index in [1.807, 2.05) is 0 Å². The molecule has 1 saturated heterocycles. The number of rotatable bonds is 12. The second-order valence-electron chi connectivity index (χ2n) is 12.7. The molecule has 0 aromatic carbocycles. The number of hydrogen-bond acceptors (Lipinski definition) is 15. The van der Waals surface area contributed by atoms with Crippen LogP contribution in [0.2, 0.25) is 0 Å². The maximum Gasteiger partial charge on any atom is 3.00 e. The van der Waals surface area contributed by atoms with Crippen LogP contribution < -0.4 is 15.3 Å². The van der Waals surface area contributed by atoms with Gasteiger partial charge in [-0.2, -0.15) is 0 Å². The normalized spacial score (nSPS) is 14.4. The molecule has 16 heteroatoms.